The number of amides is 2. The second-order valence-corrected chi connectivity index (χ2v) is 7.17. The Labute approximate surface area is 191 Å². The summed E-state index contributed by atoms with van der Waals surface area (Å²) in [7, 11) is 2.95. The van der Waals surface area contributed by atoms with Crippen LogP contribution in [0.3, 0.4) is 0 Å². The molecule has 0 radical (unpaired) electrons. The standard InChI is InChI=1S/C24H23ClN2O5/c1-30-15-23(28)26-18-7-5-8-19(13-18)27-24(29)16-10-11-21(22(12-16)31-2)32-14-17-6-3-4-9-20(17)25/h3-13H,14-15H2,1-2H3,(H,26,28)(H,27,29). The second-order valence-electron chi connectivity index (χ2n) is 6.76. The molecule has 0 bridgehead atoms. The first-order valence-corrected chi connectivity index (χ1v) is 10.1. The Morgan fingerprint density at radius 2 is 1.62 bits per heavy atom. The topological polar surface area (TPSA) is 85.9 Å². The molecule has 0 unspecified atom stereocenters. The Morgan fingerprint density at radius 3 is 2.34 bits per heavy atom. The third kappa shape index (κ3) is 6.23. The zero-order valence-corrected chi connectivity index (χ0v) is 18.4. The summed E-state index contributed by atoms with van der Waals surface area (Å²) in [6.45, 7) is 0.213. The van der Waals surface area contributed by atoms with Crippen LogP contribution in [0.5, 0.6) is 11.5 Å². The Hall–Kier alpha value is -3.55. The van der Waals surface area contributed by atoms with Crippen molar-refractivity contribution >= 4 is 34.8 Å². The molecule has 2 N–H and O–H groups in total. The lowest BCUT2D eigenvalue weighted by Crippen LogP contribution is -2.17. The number of carbonyl (C=O) groups excluding carboxylic acids is 2. The molecular weight excluding hydrogens is 432 g/mol. The molecular formula is C24H23ClN2O5. The third-order valence-electron chi connectivity index (χ3n) is 4.45. The number of methoxy groups -OCH3 is 2. The maximum Gasteiger partial charge on any atom is 0.255 e. The van der Waals surface area contributed by atoms with Crippen LogP contribution in [0.4, 0.5) is 11.4 Å². The summed E-state index contributed by atoms with van der Waals surface area (Å²) in [5.41, 5.74) is 2.31. The van der Waals surface area contributed by atoms with Crippen LogP contribution < -0.4 is 20.1 Å². The van der Waals surface area contributed by atoms with Crippen molar-refractivity contribution in [2.45, 2.75) is 6.61 Å². The summed E-state index contributed by atoms with van der Waals surface area (Å²) >= 11 is 6.17. The largest absolute Gasteiger partial charge is 0.493 e. The molecule has 0 aliphatic carbocycles. The number of ether oxygens (including phenoxy) is 3. The van der Waals surface area contributed by atoms with E-state index in [1.54, 1.807) is 48.5 Å². The fourth-order valence-corrected chi connectivity index (χ4v) is 3.10. The third-order valence-corrected chi connectivity index (χ3v) is 4.82. The number of anilines is 2. The van der Waals surface area contributed by atoms with E-state index in [1.165, 1.54) is 14.2 Å². The van der Waals surface area contributed by atoms with Crippen LogP contribution in [0.1, 0.15) is 15.9 Å². The average molecular weight is 455 g/mol. The lowest BCUT2D eigenvalue weighted by Gasteiger charge is -2.13. The molecule has 0 heterocycles. The van der Waals surface area contributed by atoms with Crippen LogP contribution in [0.15, 0.2) is 66.7 Å². The molecule has 0 saturated carbocycles. The molecule has 7 nitrogen and oxygen atoms in total. The van der Waals surface area contributed by atoms with E-state index in [0.717, 1.165) is 5.56 Å². The fraction of sp³-hybridized carbons (Fsp3) is 0.167. The van der Waals surface area contributed by atoms with Gasteiger partial charge in [-0.05, 0) is 42.5 Å². The molecule has 0 spiro atoms. The molecule has 0 aliphatic rings. The number of halogens is 1. The molecule has 0 fully saturated rings. The van der Waals surface area contributed by atoms with Crippen LogP contribution in [0.2, 0.25) is 5.02 Å². The molecule has 8 heteroatoms. The van der Waals surface area contributed by atoms with E-state index in [4.69, 9.17) is 25.8 Å². The minimum Gasteiger partial charge on any atom is -0.493 e. The quantitative estimate of drug-likeness (QED) is 0.486. The highest BCUT2D eigenvalue weighted by atomic mass is 35.5. The van der Waals surface area contributed by atoms with E-state index in [-0.39, 0.29) is 25.0 Å². The summed E-state index contributed by atoms with van der Waals surface area (Å²) in [4.78, 5) is 24.4. The first-order valence-electron chi connectivity index (χ1n) is 9.74. The maximum absolute atomic E-state index is 12.7. The molecule has 0 aliphatic heterocycles. The summed E-state index contributed by atoms with van der Waals surface area (Å²) in [5.74, 6) is 0.298. The molecule has 3 aromatic carbocycles. The molecule has 0 aromatic heterocycles. The lowest BCUT2D eigenvalue weighted by molar-refractivity contribution is -0.119. The van der Waals surface area contributed by atoms with E-state index >= 15 is 0 Å². The molecule has 32 heavy (non-hydrogen) atoms. The van der Waals surface area contributed by atoms with Crippen LogP contribution in [-0.2, 0) is 16.1 Å². The highest BCUT2D eigenvalue weighted by molar-refractivity contribution is 6.31. The number of hydrogen-bond donors (Lipinski definition) is 2. The van der Waals surface area contributed by atoms with Crippen LogP contribution in [0, 0.1) is 0 Å². The number of benzene rings is 3. The Morgan fingerprint density at radius 1 is 0.875 bits per heavy atom. The first-order chi connectivity index (χ1) is 15.5. The molecule has 3 rings (SSSR count). The van der Waals surface area contributed by atoms with Gasteiger partial charge in [0.1, 0.15) is 13.2 Å². The highest BCUT2D eigenvalue weighted by Gasteiger charge is 2.13. The van der Waals surface area contributed by atoms with E-state index < -0.39 is 0 Å². The van der Waals surface area contributed by atoms with Gasteiger partial charge in [0, 0.05) is 34.6 Å². The normalized spacial score (nSPS) is 10.3. The molecule has 0 saturated heterocycles. The van der Waals surface area contributed by atoms with Gasteiger partial charge in [0.05, 0.1) is 7.11 Å². The minimum absolute atomic E-state index is 0.0543. The SMILES string of the molecule is COCC(=O)Nc1cccc(NC(=O)c2ccc(OCc3ccccc3Cl)c(OC)c2)c1. The van der Waals surface area contributed by atoms with Crippen molar-refractivity contribution in [1.82, 2.24) is 0 Å². The number of rotatable bonds is 9. The summed E-state index contributed by atoms with van der Waals surface area (Å²) < 4.78 is 16.0. The van der Waals surface area contributed by atoms with E-state index in [0.29, 0.717) is 33.5 Å². The monoisotopic (exact) mass is 454 g/mol. The number of carbonyl (C=O) groups is 2. The van der Waals surface area contributed by atoms with Crippen LogP contribution in [-0.4, -0.2) is 32.6 Å². The van der Waals surface area contributed by atoms with Crippen molar-refractivity contribution in [1.29, 1.82) is 0 Å². The van der Waals surface area contributed by atoms with Gasteiger partial charge in [-0.3, -0.25) is 9.59 Å². The summed E-state index contributed by atoms with van der Waals surface area (Å²) in [6.07, 6.45) is 0. The molecule has 3 aromatic rings. The van der Waals surface area contributed by atoms with Crippen molar-refractivity contribution < 1.29 is 23.8 Å². The Kier molecular flexibility index (Phi) is 8.08. The zero-order valence-electron chi connectivity index (χ0n) is 17.7. The lowest BCUT2D eigenvalue weighted by atomic mass is 10.1. The molecule has 0 atom stereocenters. The van der Waals surface area contributed by atoms with Gasteiger partial charge in [-0.25, -0.2) is 0 Å². The van der Waals surface area contributed by atoms with Gasteiger partial charge in [-0.1, -0.05) is 35.9 Å². The Balaban J connectivity index is 1.68. The predicted octanol–water partition coefficient (Wildman–Crippen LogP) is 4.76. The highest BCUT2D eigenvalue weighted by Crippen LogP contribution is 2.30. The van der Waals surface area contributed by atoms with Crippen molar-refractivity contribution in [3.8, 4) is 11.5 Å². The maximum atomic E-state index is 12.7. The second kappa shape index (κ2) is 11.2. The van der Waals surface area contributed by atoms with Crippen molar-refractivity contribution in [2.24, 2.45) is 0 Å². The zero-order chi connectivity index (χ0) is 22.9. The van der Waals surface area contributed by atoms with Gasteiger partial charge in [0.15, 0.2) is 11.5 Å². The van der Waals surface area contributed by atoms with E-state index in [9.17, 15) is 9.59 Å². The van der Waals surface area contributed by atoms with Crippen LogP contribution >= 0.6 is 11.6 Å². The first kappa shape index (κ1) is 23.1. The summed E-state index contributed by atoms with van der Waals surface area (Å²) in [6, 6.07) is 19.1. The van der Waals surface area contributed by atoms with Gasteiger partial charge in [-0.2, -0.15) is 0 Å². The van der Waals surface area contributed by atoms with Crippen molar-refractivity contribution in [3.63, 3.8) is 0 Å². The van der Waals surface area contributed by atoms with Crippen molar-refractivity contribution in [2.75, 3.05) is 31.5 Å². The number of nitrogens with one attached hydrogen (secondary N) is 2. The van der Waals surface area contributed by atoms with Gasteiger partial charge in [0.25, 0.3) is 5.91 Å². The average Bonchev–Trinajstić information content (AvgIpc) is 2.78. The minimum atomic E-state index is -0.332. The van der Waals surface area contributed by atoms with Gasteiger partial charge in [0.2, 0.25) is 5.91 Å². The van der Waals surface area contributed by atoms with Crippen molar-refractivity contribution in [3.05, 3.63) is 82.9 Å². The van der Waals surface area contributed by atoms with Gasteiger partial charge in [-0.15, -0.1) is 0 Å². The van der Waals surface area contributed by atoms with E-state index in [2.05, 4.69) is 10.6 Å². The molecule has 166 valence electrons. The van der Waals surface area contributed by atoms with Gasteiger partial charge >= 0.3 is 0 Å². The predicted molar refractivity (Wildman–Crippen MR) is 124 cm³/mol. The van der Waals surface area contributed by atoms with Crippen LogP contribution in [0.25, 0.3) is 0 Å². The number of hydrogen-bond acceptors (Lipinski definition) is 5. The fourth-order valence-electron chi connectivity index (χ4n) is 2.91. The molecule has 2 amide bonds. The van der Waals surface area contributed by atoms with Gasteiger partial charge < -0.3 is 24.8 Å². The smallest absolute Gasteiger partial charge is 0.255 e. The van der Waals surface area contributed by atoms with E-state index in [1.807, 2.05) is 18.2 Å². The summed E-state index contributed by atoms with van der Waals surface area (Å²) in [5, 5.41) is 6.11. The Bertz CT molecular complexity index is 1100.